The Hall–Kier alpha value is -3.15. The minimum absolute atomic E-state index is 0.0636. The maximum Gasteiger partial charge on any atom is 0.240 e. The third-order valence-corrected chi connectivity index (χ3v) is 3.13. The number of hydrazone groups is 1. The van der Waals surface area contributed by atoms with E-state index in [4.69, 9.17) is 4.74 Å². The van der Waals surface area contributed by atoms with Crippen LogP contribution in [0.2, 0.25) is 0 Å². The molecule has 0 saturated heterocycles. The van der Waals surface area contributed by atoms with Crippen LogP contribution in [0.15, 0.2) is 59.7 Å². The molecule has 0 radical (unpaired) electrons. The van der Waals surface area contributed by atoms with Crippen LogP contribution in [0.4, 0.5) is 5.69 Å². The van der Waals surface area contributed by atoms with Gasteiger partial charge in [0.15, 0.2) is 0 Å². The Labute approximate surface area is 140 Å². The highest BCUT2D eigenvalue weighted by molar-refractivity contribution is 5.93. The number of carbonyl (C=O) groups is 2. The molecule has 0 atom stereocenters. The van der Waals surface area contributed by atoms with Gasteiger partial charge in [-0.15, -0.1) is 0 Å². The van der Waals surface area contributed by atoms with E-state index < -0.39 is 0 Å². The summed E-state index contributed by atoms with van der Waals surface area (Å²) in [5, 5.41) is 6.59. The number of nitrogens with one attached hydrogen (secondary N) is 2. The number of anilines is 1. The van der Waals surface area contributed by atoms with E-state index >= 15 is 0 Å². The van der Waals surface area contributed by atoms with E-state index in [9.17, 15) is 9.59 Å². The number of ether oxygens (including phenoxy) is 1. The Morgan fingerprint density at radius 1 is 1.04 bits per heavy atom. The zero-order valence-corrected chi connectivity index (χ0v) is 13.4. The van der Waals surface area contributed by atoms with Crippen molar-refractivity contribution < 1.29 is 14.3 Å². The molecular formula is C18H19N3O3. The highest BCUT2D eigenvalue weighted by atomic mass is 16.5. The standard InChI is InChI=1S/C18H19N3O3/c1-24-16-9-5-6-14(12-16)13-19-21-18(23)11-10-17(22)20-15-7-3-2-4-8-15/h2-9,12-13H,10-11H2,1H3,(H,20,22)(H,21,23)/b19-13+. The van der Waals surface area contributed by atoms with Gasteiger partial charge in [-0.25, -0.2) is 5.43 Å². The maximum atomic E-state index is 11.7. The summed E-state index contributed by atoms with van der Waals surface area (Å²) < 4.78 is 5.10. The van der Waals surface area contributed by atoms with Crippen LogP contribution < -0.4 is 15.5 Å². The first-order chi connectivity index (χ1) is 11.7. The predicted molar refractivity (Wildman–Crippen MR) is 93.0 cm³/mol. The van der Waals surface area contributed by atoms with Crippen molar-refractivity contribution in [2.45, 2.75) is 12.8 Å². The molecule has 2 rings (SSSR count). The van der Waals surface area contributed by atoms with Crippen LogP contribution in [0.1, 0.15) is 18.4 Å². The molecule has 24 heavy (non-hydrogen) atoms. The zero-order chi connectivity index (χ0) is 17.2. The third-order valence-electron chi connectivity index (χ3n) is 3.13. The monoisotopic (exact) mass is 325 g/mol. The topological polar surface area (TPSA) is 79.8 Å². The molecule has 0 bridgehead atoms. The van der Waals surface area contributed by atoms with Crippen molar-refractivity contribution in [3.05, 3.63) is 60.2 Å². The van der Waals surface area contributed by atoms with E-state index in [-0.39, 0.29) is 24.7 Å². The van der Waals surface area contributed by atoms with Crippen molar-refractivity contribution in [3.8, 4) is 5.75 Å². The molecule has 0 unspecified atom stereocenters. The van der Waals surface area contributed by atoms with Gasteiger partial charge < -0.3 is 10.1 Å². The largest absolute Gasteiger partial charge is 0.497 e. The van der Waals surface area contributed by atoms with E-state index in [2.05, 4.69) is 15.8 Å². The number of rotatable bonds is 7. The summed E-state index contributed by atoms with van der Waals surface area (Å²) in [6.45, 7) is 0. The van der Waals surface area contributed by atoms with Crippen molar-refractivity contribution >= 4 is 23.7 Å². The van der Waals surface area contributed by atoms with Crippen LogP contribution in [0.5, 0.6) is 5.75 Å². The quantitative estimate of drug-likeness (QED) is 0.606. The number of benzene rings is 2. The van der Waals surface area contributed by atoms with Gasteiger partial charge in [0.1, 0.15) is 5.75 Å². The highest BCUT2D eigenvalue weighted by Crippen LogP contribution is 2.10. The fourth-order valence-electron chi connectivity index (χ4n) is 1.93. The van der Waals surface area contributed by atoms with Gasteiger partial charge in [-0.2, -0.15) is 5.10 Å². The highest BCUT2D eigenvalue weighted by Gasteiger charge is 2.06. The first-order valence-corrected chi connectivity index (χ1v) is 7.48. The molecule has 6 nitrogen and oxygen atoms in total. The van der Waals surface area contributed by atoms with E-state index in [0.29, 0.717) is 11.4 Å². The average molecular weight is 325 g/mol. The lowest BCUT2D eigenvalue weighted by Crippen LogP contribution is -2.20. The number of hydrogen-bond acceptors (Lipinski definition) is 4. The second-order valence-electron chi connectivity index (χ2n) is 4.98. The van der Waals surface area contributed by atoms with Gasteiger partial charge in [-0.3, -0.25) is 9.59 Å². The number of methoxy groups -OCH3 is 1. The van der Waals surface area contributed by atoms with Gasteiger partial charge >= 0.3 is 0 Å². The summed E-state index contributed by atoms with van der Waals surface area (Å²) in [6, 6.07) is 16.4. The Kier molecular flexibility index (Phi) is 6.52. The predicted octanol–water partition coefficient (Wildman–Crippen LogP) is 2.56. The van der Waals surface area contributed by atoms with Gasteiger partial charge in [0.25, 0.3) is 0 Å². The Bertz CT molecular complexity index is 714. The molecule has 0 heterocycles. The molecule has 0 aliphatic rings. The molecular weight excluding hydrogens is 306 g/mol. The van der Waals surface area contributed by atoms with Gasteiger partial charge in [0.05, 0.1) is 13.3 Å². The van der Waals surface area contributed by atoms with Gasteiger partial charge in [0, 0.05) is 18.5 Å². The molecule has 0 aliphatic heterocycles. The Morgan fingerprint density at radius 2 is 1.79 bits per heavy atom. The Morgan fingerprint density at radius 3 is 2.54 bits per heavy atom. The van der Waals surface area contributed by atoms with Gasteiger partial charge in [-0.05, 0) is 29.8 Å². The summed E-state index contributed by atoms with van der Waals surface area (Å²) in [5.41, 5.74) is 3.91. The van der Waals surface area contributed by atoms with Crippen LogP contribution in [0.25, 0.3) is 0 Å². The molecule has 0 saturated carbocycles. The fourth-order valence-corrected chi connectivity index (χ4v) is 1.93. The summed E-state index contributed by atoms with van der Waals surface area (Å²) in [4.78, 5) is 23.4. The van der Waals surface area contributed by atoms with Crippen LogP contribution in [-0.2, 0) is 9.59 Å². The molecule has 2 aromatic rings. The molecule has 124 valence electrons. The molecule has 0 aromatic heterocycles. The molecule has 0 aliphatic carbocycles. The Balaban J connectivity index is 1.73. The van der Waals surface area contributed by atoms with E-state index in [1.807, 2.05) is 36.4 Å². The summed E-state index contributed by atoms with van der Waals surface area (Å²) in [6.07, 6.45) is 1.67. The summed E-state index contributed by atoms with van der Waals surface area (Å²) >= 11 is 0. The zero-order valence-electron chi connectivity index (χ0n) is 13.4. The number of amides is 2. The molecule has 2 N–H and O–H groups in total. The number of carbonyl (C=O) groups excluding carboxylic acids is 2. The smallest absolute Gasteiger partial charge is 0.240 e. The molecule has 0 fully saturated rings. The molecule has 6 heteroatoms. The van der Waals surface area contributed by atoms with Crippen LogP contribution in [-0.4, -0.2) is 25.1 Å². The van der Waals surface area contributed by atoms with Crippen molar-refractivity contribution in [2.75, 3.05) is 12.4 Å². The van der Waals surface area contributed by atoms with Crippen molar-refractivity contribution in [3.63, 3.8) is 0 Å². The lowest BCUT2D eigenvalue weighted by Gasteiger charge is -2.04. The second-order valence-corrected chi connectivity index (χ2v) is 4.98. The average Bonchev–Trinajstić information content (AvgIpc) is 2.61. The van der Waals surface area contributed by atoms with Crippen LogP contribution >= 0.6 is 0 Å². The van der Waals surface area contributed by atoms with E-state index in [0.717, 1.165) is 5.56 Å². The minimum atomic E-state index is -0.322. The van der Waals surface area contributed by atoms with Crippen molar-refractivity contribution in [1.82, 2.24) is 5.43 Å². The van der Waals surface area contributed by atoms with Gasteiger partial charge in [0.2, 0.25) is 11.8 Å². The van der Waals surface area contributed by atoms with Crippen LogP contribution in [0, 0.1) is 0 Å². The van der Waals surface area contributed by atoms with Crippen molar-refractivity contribution in [1.29, 1.82) is 0 Å². The van der Waals surface area contributed by atoms with E-state index in [1.165, 1.54) is 6.21 Å². The summed E-state index contributed by atoms with van der Waals surface area (Å²) in [5.74, 6) is 0.174. The fraction of sp³-hybridized carbons (Fsp3) is 0.167. The lowest BCUT2D eigenvalue weighted by molar-refractivity contribution is -0.124. The first-order valence-electron chi connectivity index (χ1n) is 7.48. The van der Waals surface area contributed by atoms with Crippen LogP contribution in [0.3, 0.4) is 0 Å². The van der Waals surface area contributed by atoms with Gasteiger partial charge in [-0.1, -0.05) is 30.3 Å². The third kappa shape index (κ3) is 5.92. The lowest BCUT2D eigenvalue weighted by atomic mass is 10.2. The molecule has 2 amide bonds. The second kappa shape index (κ2) is 9.09. The first kappa shape index (κ1) is 17.2. The summed E-state index contributed by atoms with van der Waals surface area (Å²) in [7, 11) is 1.58. The van der Waals surface area contributed by atoms with E-state index in [1.54, 1.807) is 25.3 Å². The molecule has 2 aromatic carbocycles. The number of hydrogen-bond donors (Lipinski definition) is 2. The van der Waals surface area contributed by atoms with Crippen molar-refractivity contribution in [2.24, 2.45) is 5.10 Å². The number of nitrogens with zero attached hydrogens (tertiary/aromatic N) is 1. The normalized spacial score (nSPS) is 10.4. The number of para-hydroxylation sites is 1. The SMILES string of the molecule is COc1cccc(/C=N/NC(=O)CCC(=O)Nc2ccccc2)c1. The maximum absolute atomic E-state index is 11.7. The molecule has 0 spiro atoms. The minimum Gasteiger partial charge on any atom is -0.497 e.